The minimum absolute atomic E-state index is 0.0630. The molecule has 0 aliphatic carbocycles. The molecule has 2 amide bonds. The van der Waals surface area contributed by atoms with Gasteiger partial charge < -0.3 is 25.6 Å². The normalized spacial score (nSPS) is 11.4. The van der Waals surface area contributed by atoms with E-state index >= 15 is 0 Å². The van der Waals surface area contributed by atoms with E-state index in [0.717, 1.165) is 11.3 Å². The van der Waals surface area contributed by atoms with Crippen LogP contribution in [0.5, 0.6) is 5.75 Å². The largest absolute Gasteiger partial charge is 0.497 e. The minimum Gasteiger partial charge on any atom is -0.497 e. The molecular formula is C16H22N2O6. The van der Waals surface area contributed by atoms with Crippen LogP contribution >= 0.6 is 0 Å². The highest BCUT2D eigenvalue weighted by molar-refractivity contribution is 5.82. The monoisotopic (exact) mass is 338 g/mol. The molecule has 0 bridgehead atoms. The van der Waals surface area contributed by atoms with Crippen LogP contribution in [0.25, 0.3) is 0 Å². The van der Waals surface area contributed by atoms with Crippen LogP contribution in [0.2, 0.25) is 0 Å². The summed E-state index contributed by atoms with van der Waals surface area (Å²) >= 11 is 0. The molecule has 0 aliphatic rings. The first kappa shape index (κ1) is 19.3. The molecular weight excluding hydrogens is 316 g/mol. The fourth-order valence-corrected chi connectivity index (χ4v) is 2.04. The first-order valence-corrected chi connectivity index (χ1v) is 7.54. The van der Waals surface area contributed by atoms with E-state index in [1.54, 1.807) is 7.11 Å². The Morgan fingerprint density at radius 1 is 1.17 bits per heavy atom. The highest BCUT2D eigenvalue weighted by Gasteiger charge is 2.19. The molecule has 1 aromatic carbocycles. The van der Waals surface area contributed by atoms with Crippen molar-refractivity contribution in [1.29, 1.82) is 0 Å². The van der Waals surface area contributed by atoms with Crippen LogP contribution in [0.15, 0.2) is 24.3 Å². The minimum atomic E-state index is -1.19. The number of aliphatic carboxylic acids is 2. The topological polar surface area (TPSA) is 125 Å². The summed E-state index contributed by atoms with van der Waals surface area (Å²) in [5, 5.41) is 22.5. The van der Waals surface area contributed by atoms with Crippen LogP contribution in [0.3, 0.4) is 0 Å². The van der Waals surface area contributed by atoms with E-state index in [9.17, 15) is 14.4 Å². The number of hydrogen-bond acceptors (Lipinski definition) is 4. The van der Waals surface area contributed by atoms with E-state index in [2.05, 4.69) is 10.6 Å². The lowest BCUT2D eigenvalue weighted by molar-refractivity contribution is -0.140. The molecule has 0 spiro atoms. The van der Waals surface area contributed by atoms with Gasteiger partial charge in [-0.05, 0) is 37.0 Å². The lowest BCUT2D eigenvalue weighted by Crippen LogP contribution is -2.46. The van der Waals surface area contributed by atoms with Crippen LogP contribution in [-0.2, 0) is 16.0 Å². The molecule has 1 unspecified atom stereocenters. The smallest absolute Gasteiger partial charge is 0.326 e. The van der Waals surface area contributed by atoms with Crippen LogP contribution in [0.1, 0.15) is 24.8 Å². The zero-order valence-electron chi connectivity index (χ0n) is 13.4. The Balaban J connectivity index is 2.34. The first-order valence-electron chi connectivity index (χ1n) is 7.54. The summed E-state index contributed by atoms with van der Waals surface area (Å²) in [6.45, 7) is 0.347. The third-order valence-electron chi connectivity index (χ3n) is 3.35. The van der Waals surface area contributed by atoms with Crippen LogP contribution in [-0.4, -0.2) is 47.9 Å². The van der Waals surface area contributed by atoms with Crippen molar-refractivity contribution in [2.45, 2.75) is 31.7 Å². The molecule has 0 saturated carbocycles. The van der Waals surface area contributed by atoms with Gasteiger partial charge in [-0.3, -0.25) is 4.79 Å². The van der Waals surface area contributed by atoms with E-state index < -0.39 is 24.0 Å². The average Bonchev–Trinajstić information content (AvgIpc) is 2.54. The molecule has 1 rings (SSSR count). The molecule has 1 aromatic rings. The molecule has 4 N–H and O–H groups in total. The number of benzene rings is 1. The number of methoxy groups -OCH3 is 1. The Morgan fingerprint density at radius 3 is 2.38 bits per heavy atom. The predicted octanol–water partition coefficient (Wildman–Crippen LogP) is 1.25. The summed E-state index contributed by atoms with van der Waals surface area (Å²) < 4.78 is 5.05. The van der Waals surface area contributed by atoms with Gasteiger partial charge in [0.05, 0.1) is 7.11 Å². The van der Waals surface area contributed by atoms with Gasteiger partial charge in [0.2, 0.25) is 0 Å². The van der Waals surface area contributed by atoms with Crippen molar-refractivity contribution in [3.8, 4) is 5.75 Å². The number of carbonyl (C=O) groups excluding carboxylic acids is 1. The number of amides is 2. The second-order valence-corrected chi connectivity index (χ2v) is 5.18. The van der Waals surface area contributed by atoms with E-state index in [-0.39, 0.29) is 19.3 Å². The third kappa shape index (κ3) is 7.48. The molecule has 1 atom stereocenters. The molecule has 0 fully saturated rings. The Kier molecular flexibility index (Phi) is 8.10. The van der Waals surface area contributed by atoms with Gasteiger partial charge in [0.25, 0.3) is 0 Å². The second kappa shape index (κ2) is 10.1. The van der Waals surface area contributed by atoms with Crippen molar-refractivity contribution < 1.29 is 29.3 Å². The second-order valence-electron chi connectivity index (χ2n) is 5.18. The average molecular weight is 338 g/mol. The lowest BCUT2D eigenvalue weighted by atomic mass is 10.1. The number of carbonyl (C=O) groups is 3. The molecule has 0 heterocycles. The fraction of sp³-hybridized carbons (Fsp3) is 0.438. The summed E-state index contributed by atoms with van der Waals surface area (Å²) in [6.07, 6.45) is 0.699. The van der Waals surface area contributed by atoms with Gasteiger partial charge in [0.15, 0.2) is 0 Å². The number of ether oxygens (including phenoxy) is 1. The van der Waals surface area contributed by atoms with Crippen molar-refractivity contribution >= 4 is 18.0 Å². The number of nitrogens with one attached hydrogen (secondary N) is 2. The zero-order valence-corrected chi connectivity index (χ0v) is 13.4. The van der Waals surface area contributed by atoms with Crippen molar-refractivity contribution in [2.75, 3.05) is 13.7 Å². The molecule has 0 saturated heterocycles. The molecule has 0 aliphatic heterocycles. The van der Waals surface area contributed by atoms with Gasteiger partial charge in [-0.1, -0.05) is 12.1 Å². The van der Waals surface area contributed by atoms with Crippen molar-refractivity contribution in [3.63, 3.8) is 0 Å². The maximum Gasteiger partial charge on any atom is 0.326 e. The van der Waals surface area contributed by atoms with Crippen LogP contribution in [0, 0.1) is 0 Å². The lowest BCUT2D eigenvalue weighted by Gasteiger charge is -2.14. The summed E-state index contributed by atoms with van der Waals surface area (Å²) in [5.74, 6) is -1.44. The third-order valence-corrected chi connectivity index (χ3v) is 3.35. The van der Waals surface area contributed by atoms with E-state index in [4.69, 9.17) is 14.9 Å². The van der Waals surface area contributed by atoms with Crippen molar-refractivity contribution in [1.82, 2.24) is 10.6 Å². The van der Waals surface area contributed by atoms with Gasteiger partial charge in [-0.25, -0.2) is 9.59 Å². The number of rotatable bonds is 10. The number of carboxylic acids is 2. The van der Waals surface area contributed by atoms with E-state index in [0.29, 0.717) is 13.0 Å². The number of urea groups is 1. The Hall–Kier alpha value is -2.77. The molecule has 8 heteroatoms. The van der Waals surface area contributed by atoms with Crippen LogP contribution in [0.4, 0.5) is 4.79 Å². The summed E-state index contributed by atoms with van der Waals surface area (Å²) in [5.41, 5.74) is 1.01. The van der Waals surface area contributed by atoms with Gasteiger partial charge in [-0.15, -0.1) is 0 Å². The maximum atomic E-state index is 11.7. The standard InChI is InChI=1S/C16H22N2O6/c1-24-12-7-5-11(6-8-12)9-10-17-16(23)18-13(15(21)22)3-2-4-14(19)20/h5-8,13H,2-4,9-10H2,1H3,(H,19,20)(H,21,22)(H2,17,18,23). The first-order chi connectivity index (χ1) is 11.4. The quantitative estimate of drug-likeness (QED) is 0.509. The molecule has 132 valence electrons. The van der Waals surface area contributed by atoms with Gasteiger partial charge in [-0.2, -0.15) is 0 Å². The highest BCUT2D eigenvalue weighted by atomic mass is 16.5. The molecule has 8 nitrogen and oxygen atoms in total. The van der Waals surface area contributed by atoms with Gasteiger partial charge in [0.1, 0.15) is 11.8 Å². The Bertz CT molecular complexity index is 558. The van der Waals surface area contributed by atoms with Gasteiger partial charge in [0, 0.05) is 13.0 Å². The summed E-state index contributed by atoms with van der Waals surface area (Å²) in [4.78, 5) is 33.2. The Labute approximate surface area is 139 Å². The number of carboxylic acid groups (broad SMARTS) is 2. The predicted molar refractivity (Wildman–Crippen MR) is 86.1 cm³/mol. The zero-order chi connectivity index (χ0) is 17.9. The van der Waals surface area contributed by atoms with Crippen molar-refractivity contribution in [2.24, 2.45) is 0 Å². The SMILES string of the molecule is COc1ccc(CCNC(=O)NC(CCCC(=O)O)C(=O)O)cc1. The number of hydrogen-bond donors (Lipinski definition) is 4. The molecule has 0 aromatic heterocycles. The summed E-state index contributed by atoms with van der Waals surface area (Å²) in [6, 6.07) is 5.70. The maximum absolute atomic E-state index is 11.7. The van der Waals surface area contributed by atoms with E-state index in [1.165, 1.54) is 0 Å². The highest BCUT2D eigenvalue weighted by Crippen LogP contribution is 2.11. The fourth-order valence-electron chi connectivity index (χ4n) is 2.04. The van der Waals surface area contributed by atoms with Crippen molar-refractivity contribution in [3.05, 3.63) is 29.8 Å². The Morgan fingerprint density at radius 2 is 1.83 bits per heavy atom. The van der Waals surface area contributed by atoms with Gasteiger partial charge >= 0.3 is 18.0 Å². The molecule has 24 heavy (non-hydrogen) atoms. The molecule has 0 radical (unpaired) electrons. The van der Waals surface area contributed by atoms with E-state index in [1.807, 2.05) is 24.3 Å². The van der Waals surface area contributed by atoms with Crippen LogP contribution < -0.4 is 15.4 Å². The summed E-state index contributed by atoms with van der Waals surface area (Å²) in [7, 11) is 1.58.